The number of para-hydroxylation sites is 1. The fraction of sp³-hybridized carbons (Fsp3) is 0.167. The molecule has 0 radical (unpaired) electrons. The average Bonchev–Trinajstić information content (AvgIpc) is 2.81. The molecule has 158 valence electrons. The highest BCUT2D eigenvalue weighted by Gasteiger charge is 2.36. The van der Waals surface area contributed by atoms with Crippen LogP contribution in [0.1, 0.15) is 36.5 Å². The smallest absolute Gasteiger partial charge is 0.0802 e. The zero-order valence-corrected chi connectivity index (χ0v) is 19.2. The molecule has 3 heterocycles. The lowest BCUT2D eigenvalue weighted by molar-refractivity contribution is 0.624. The molecule has 3 nitrogen and oxygen atoms in total. The van der Waals surface area contributed by atoms with Crippen molar-refractivity contribution in [2.45, 2.75) is 33.1 Å². The molecule has 6 aromatic rings. The van der Waals surface area contributed by atoms with Gasteiger partial charge in [0.2, 0.25) is 0 Å². The molecule has 33 heavy (non-hydrogen) atoms. The van der Waals surface area contributed by atoms with Crippen LogP contribution < -0.4 is 0 Å². The van der Waals surface area contributed by atoms with Crippen LogP contribution in [0.3, 0.4) is 0 Å². The van der Waals surface area contributed by atoms with E-state index in [0.29, 0.717) is 0 Å². The zero-order chi connectivity index (χ0) is 22.5. The van der Waals surface area contributed by atoms with Gasteiger partial charge < -0.3 is 0 Å². The van der Waals surface area contributed by atoms with Crippen molar-refractivity contribution in [1.82, 2.24) is 15.0 Å². The Labute approximate surface area is 192 Å². The number of aryl methyl sites for hydroxylation is 2. The summed E-state index contributed by atoms with van der Waals surface area (Å²) in [6, 6.07) is 21.9. The number of hydrogen-bond acceptors (Lipinski definition) is 3. The van der Waals surface area contributed by atoms with E-state index in [4.69, 9.17) is 15.0 Å². The van der Waals surface area contributed by atoms with Crippen molar-refractivity contribution in [2.75, 3.05) is 0 Å². The second-order valence-electron chi connectivity index (χ2n) is 9.81. The minimum Gasteiger partial charge on any atom is -0.258 e. The second kappa shape index (κ2) is 6.14. The first kappa shape index (κ1) is 18.7. The van der Waals surface area contributed by atoms with E-state index in [1.807, 2.05) is 6.20 Å². The van der Waals surface area contributed by atoms with Gasteiger partial charge in [-0.05, 0) is 71.3 Å². The molecular formula is C30H23N3. The van der Waals surface area contributed by atoms with Crippen LogP contribution in [0.15, 0.2) is 66.9 Å². The van der Waals surface area contributed by atoms with Crippen LogP contribution in [-0.4, -0.2) is 15.0 Å². The van der Waals surface area contributed by atoms with E-state index in [0.717, 1.165) is 39.2 Å². The summed E-state index contributed by atoms with van der Waals surface area (Å²) in [4.78, 5) is 14.8. The van der Waals surface area contributed by atoms with Gasteiger partial charge in [0.05, 0.1) is 16.9 Å². The minimum atomic E-state index is -0.249. The van der Waals surface area contributed by atoms with E-state index in [1.54, 1.807) is 0 Å². The van der Waals surface area contributed by atoms with Gasteiger partial charge in [0, 0.05) is 44.7 Å². The van der Waals surface area contributed by atoms with Gasteiger partial charge in [-0.2, -0.15) is 0 Å². The normalized spacial score (nSPS) is 14.3. The lowest BCUT2D eigenvalue weighted by atomic mass is 9.71. The van der Waals surface area contributed by atoms with Crippen LogP contribution in [0.25, 0.3) is 54.5 Å². The number of benzene rings is 3. The first-order chi connectivity index (χ1) is 15.9. The monoisotopic (exact) mass is 425 g/mol. The van der Waals surface area contributed by atoms with Gasteiger partial charge in [0.15, 0.2) is 0 Å². The third-order valence-electron chi connectivity index (χ3n) is 7.42. The molecule has 0 amide bonds. The number of rotatable bonds is 0. The summed E-state index contributed by atoms with van der Waals surface area (Å²) in [5.41, 5.74) is 7.49. The quantitative estimate of drug-likeness (QED) is 0.238. The SMILES string of the molecule is Cc1cc2c(ccc3c4ccnc5c4c(cc23)C(C)(C)c2nc3ccccc3cc2-5)c(C)n1. The minimum absolute atomic E-state index is 0.249. The molecule has 3 aromatic heterocycles. The molecule has 3 heteroatoms. The third-order valence-corrected chi connectivity index (χ3v) is 7.42. The Morgan fingerprint density at radius 3 is 2.39 bits per heavy atom. The Balaban J connectivity index is 1.71. The summed E-state index contributed by atoms with van der Waals surface area (Å²) in [6.07, 6.45) is 1.95. The van der Waals surface area contributed by atoms with Crippen LogP contribution in [-0.2, 0) is 5.41 Å². The van der Waals surface area contributed by atoms with Crippen LogP contribution in [0, 0.1) is 13.8 Å². The number of aromatic nitrogens is 3. The van der Waals surface area contributed by atoms with Crippen molar-refractivity contribution >= 4 is 43.2 Å². The standard InChI is InChI=1S/C30H23N3/c1-16-13-22-19(17(2)32-16)9-10-20-21-11-12-31-28-24-14-18-7-5-6-8-26(18)33-29(24)30(3,4)25(27(21)28)15-23(20)22/h5-15H,1-4H3. The second-order valence-corrected chi connectivity index (χ2v) is 9.81. The van der Waals surface area contributed by atoms with E-state index < -0.39 is 0 Å². The lowest BCUT2D eigenvalue weighted by Gasteiger charge is -2.34. The van der Waals surface area contributed by atoms with Gasteiger partial charge in [-0.15, -0.1) is 0 Å². The summed E-state index contributed by atoms with van der Waals surface area (Å²) >= 11 is 0. The van der Waals surface area contributed by atoms with Crippen molar-refractivity contribution in [3.05, 3.63) is 89.5 Å². The predicted octanol–water partition coefficient (Wildman–Crippen LogP) is 7.41. The molecular weight excluding hydrogens is 402 g/mol. The van der Waals surface area contributed by atoms with Gasteiger partial charge in [0.1, 0.15) is 0 Å². The Morgan fingerprint density at radius 1 is 0.727 bits per heavy atom. The van der Waals surface area contributed by atoms with E-state index in [2.05, 4.69) is 88.4 Å². The molecule has 0 bridgehead atoms. The molecule has 1 aliphatic rings. The lowest BCUT2D eigenvalue weighted by Crippen LogP contribution is -2.25. The fourth-order valence-electron chi connectivity index (χ4n) is 5.84. The largest absolute Gasteiger partial charge is 0.258 e. The highest BCUT2D eigenvalue weighted by atomic mass is 14.8. The molecule has 3 aromatic carbocycles. The summed E-state index contributed by atoms with van der Waals surface area (Å²) < 4.78 is 0. The Kier molecular flexibility index (Phi) is 3.48. The fourth-order valence-corrected chi connectivity index (χ4v) is 5.84. The van der Waals surface area contributed by atoms with E-state index in [1.165, 1.54) is 37.9 Å². The summed E-state index contributed by atoms with van der Waals surface area (Å²) in [5.74, 6) is 0. The van der Waals surface area contributed by atoms with Crippen molar-refractivity contribution < 1.29 is 0 Å². The van der Waals surface area contributed by atoms with Crippen molar-refractivity contribution in [1.29, 1.82) is 0 Å². The number of nitrogens with zero attached hydrogens (tertiary/aromatic N) is 3. The first-order valence-corrected chi connectivity index (χ1v) is 11.5. The van der Waals surface area contributed by atoms with E-state index >= 15 is 0 Å². The molecule has 0 aliphatic heterocycles. The van der Waals surface area contributed by atoms with Crippen LogP contribution in [0.5, 0.6) is 0 Å². The van der Waals surface area contributed by atoms with Crippen LogP contribution in [0.2, 0.25) is 0 Å². The molecule has 1 aliphatic carbocycles. The molecule has 0 spiro atoms. The molecule has 0 N–H and O–H groups in total. The number of hydrogen-bond donors (Lipinski definition) is 0. The summed E-state index contributed by atoms with van der Waals surface area (Å²) in [6.45, 7) is 8.78. The molecule has 0 unspecified atom stereocenters. The van der Waals surface area contributed by atoms with Gasteiger partial charge in [0.25, 0.3) is 0 Å². The predicted molar refractivity (Wildman–Crippen MR) is 137 cm³/mol. The maximum atomic E-state index is 5.18. The summed E-state index contributed by atoms with van der Waals surface area (Å²) in [5, 5.41) is 8.68. The molecule has 0 saturated carbocycles. The molecule has 0 atom stereocenters. The first-order valence-electron chi connectivity index (χ1n) is 11.5. The van der Waals surface area contributed by atoms with E-state index in [9.17, 15) is 0 Å². The highest BCUT2D eigenvalue weighted by Crippen LogP contribution is 2.50. The van der Waals surface area contributed by atoms with Gasteiger partial charge in [-0.25, -0.2) is 0 Å². The van der Waals surface area contributed by atoms with Gasteiger partial charge in [-0.1, -0.05) is 44.2 Å². The Bertz CT molecular complexity index is 1810. The molecule has 0 saturated heterocycles. The highest BCUT2D eigenvalue weighted by molar-refractivity contribution is 6.21. The zero-order valence-electron chi connectivity index (χ0n) is 19.2. The van der Waals surface area contributed by atoms with Crippen molar-refractivity contribution in [2.24, 2.45) is 0 Å². The average molecular weight is 426 g/mol. The van der Waals surface area contributed by atoms with Crippen molar-refractivity contribution in [3.8, 4) is 11.3 Å². The maximum absolute atomic E-state index is 5.18. The van der Waals surface area contributed by atoms with Gasteiger partial charge in [-0.3, -0.25) is 15.0 Å². The Morgan fingerprint density at radius 2 is 1.52 bits per heavy atom. The maximum Gasteiger partial charge on any atom is 0.0802 e. The number of pyridine rings is 3. The van der Waals surface area contributed by atoms with Crippen LogP contribution in [0.4, 0.5) is 0 Å². The Hall–Kier alpha value is -3.85. The summed E-state index contributed by atoms with van der Waals surface area (Å²) in [7, 11) is 0. The molecule has 7 rings (SSSR count). The van der Waals surface area contributed by atoms with E-state index in [-0.39, 0.29) is 5.41 Å². The van der Waals surface area contributed by atoms with Crippen LogP contribution >= 0.6 is 0 Å². The third kappa shape index (κ3) is 2.37. The number of fused-ring (bicyclic) bond motifs is 7. The van der Waals surface area contributed by atoms with Gasteiger partial charge >= 0.3 is 0 Å². The van der Waals surface area contributed by atoms with Crippen molar-refractivity contribution in [3.63, 3.8) is 0 Å². The topological polar surface area (TPSA) is 38.7 Å². The molecule has 0 fully saturated rings.